The monoisotopic (exact) mass is 175 g/mol. The Bertz CT molecular complexity index is 403. The van der Waals surface area contributed by atoms with Gasteiger partial charge in [0.2, 0.25) is 5.95 Å². The summed E-state index contributed by atoms with van der Waals surface area (Å²) in [6, 6.07) is 3.31. The summed E-state index contributed by atoms with van der Waals surface area (Å²) >= 11 is 0. The molecular weight excluding hydrogens is 169 g/mol. The highest BCUT2D eigenvalue weighted by Crippen LogP contribution is 2.18. The van der Waals surface area contributed by atoms with Gasteiger partial charge in [-0.1, -0.05) is 0 Å². The van der Waals surface area contributed by atoms with Gasteiger partial charge in [-0.05, 0) is 12.1 Å². The Hall–Kier alpha value is -1.84. The predicted octanol–water partition coefficient (Wildman–Crippen LogP) is 1.68. The molecule has 0 atom stereocenters. The SMILES string of the molecule is Fc1ncccc1-c1cncnc1. The molecule has 0 aliphatic rings. The topological polar surface area (TPSA) is 38.7 Å². The molecule has 2 aromatic heterocycles. The molecule has 0 aliphatic heterocycles. The molecule has 0 amide bonds. The molecule has 2 rings (SSSR count). The molecule has 2 heterocycles. The summed E-state index contributed by atoms with van der Waals surface area (Å²) in [5, 5.41) is 0. The van der Waals surface area contributed by atoms with Crippen LogP contribution in [0.1, 0.15) is 0 Å². The van der Waals surface area contributed by atoms with Crippen LogP contribution >= 0.6 is 0 Å². The van der Waals surface area contributed by atoms with Crippen molar-refractivity contribution in [2.75, 3.05) is 0 Å². The van der Waals surface area contributed by atoms with Gasteiger partial charge in [0.15, 0.2) is 0 Å². The zero-order chi connectivity index (χ0) is 9.10. The van der Waals surface area contributed by atoms with Crippen molar-refractivity contribution >= 4 is 0 Å². The van der Waals surface area contributed by atoms with Crippen molar-refractivity contribution in [3.63, 3.8) is 0 Å². The normalized spacial score (nSPS) is 9.92. The number of nitrogens with zero attached hydrogens (tertiary/aromatic N) is 3. The van der Waals surface area contributed by atoms with Crippen molar-refractivity contribution < 1.29 is 4.39 Å². The van der Waals surface area contributed by atoms with E-state index in [0.29, 0.717) is 11.1 Å². The van der Waals surface area contributed by atoms with E-state index in [9.17, 15) is 4.39 Å². The van der Waals surface area contributed by atoms with Crippen molar-refractivity contribution in [1.29, 1.82) is 0 Å². The van der Waals surface area contributed by atoms with Crippen LogP contribution in [0.4, 0.5) is 4.39 Å². The first-order valence-electron chi connectivity index (χ1n) is 3.74. The number of rotatable bonds is 1. The average molecular weight is 175 g/mol. The zero-order valence-corrected chi connectivity index (χ0v) is 6.68. The summed E-state index contributed by atoms with van der Waals surface area (Å²) in [5.74, 6) is -0.502. The minimum atomic E-state index is -0.502. The van der Waals surface area contributed by atoms with Crippen molar-refractivity contribution in [3.05, 3.63) is 43.0 Å². The van der Waals surface area contributed by atoms with Crippen LogP contribution in [-0.2, 0) is 0 Å². The smallest absolute Gasteiger partial charge is 0.220 e. The minimum Gasteiger partial charge on any atom is -0.244 e. The van der Waals surface area contributed by atoms with Crippen molar-refractivity contribution in [2.45, 2.75) is 0 Å². The molecule has 0 aromatic carbocycles. The van der Waals surface area contributed by atoms with Gasteiger partial charge >= 0.3 is 0 Å². The van der Waals surface area contributed by atoms with E-state index >= 15 is 0 Å². The second kappa shape index (κ2) is 3.26. The summed E-state index contributed by atoms with van der Waals surface area (Å²) in [4.78, 5) is 11.1. The van der Waals surface area contributed by atoms with E-state index in [4.69, 9.17) is 0 Å². The van der Waals surface area contributed by atoms with Crippen molar-refractivity contribution in [3.8, 4) is 11.1 Å². The third-order valence-corrected chi connectivity index (χ3v) is 1.63. The Labute approximate surface area is 74.3 Å². The standard InChI is InChI=1S/C9H6FN3/c10-9-8(2-1-3-13-9)7-4-11-6-12-5-7/h1-6H. The van der Waals surface area contributed by atoms with Crippen molar-refractivity contribution in [1.82, 2.24) is 15.0 Å². The van der Waals surface area contributed by atoms with Gasteiger partial charge in [0, 0.05) is 29.7 Å². The maximum atomic E-state index is 13.1. The van der Waals surface area contributed by atoms with E-state index < -0.39 is 5.95 Å². The average Bonchev–Trinajstić information content (AvgIpc) is 2.20. The minimum absolute atomic E-state index is 0.420. The molecule has 0 bridgehead atoms. The highest BCUT2D eigenvalue weighted by Gasteiger charge is 2.04. The van der Waals surface area contributed by atoms with Gasteiger partial charge in [0.25, 0.3) is 0 Å². The van der Waals surface area contributed by atoms with Gasteiger partial charge in [0.1, 0.15) is 6.33 Å². The van der Waals surface area contributed by atoms with E-state index in [1.165, 1.54) is 12.5 Å². The maximum Gasteiger partial charge on any atom is 0.220 e. The lowest BCUT2D eigenvalue weighted by Crippen LogP contribution is -1.88. The lowest BCUT2D eigenvalue weighted by Gasteiger charge is -1.99. The van der Waals surface area contributed by atoms with Crippen LogP contribution < -0.4 is 0 Å². The van der Waals surface area contributed by atoms with Gasteiger partial charge in [-0.2, -0.15) is 4.39 Å². The highest BCUT2D eigenvalue weighted by atomic mass is 19.1. The van der Waals surface area contributed by atoms with E-state index in [1.807, 2.05) is 0 Å². The first kappa shape index (κ1) is 7.79. The molecule has 13 heavy (non-hydrogen) atoms. The molecule has 0 fully saturated rings. The van der Waals surface area contributed by atoms with Gasteiger partial charge in [-0.25, -0.2) is 15.0 Å². The van der Waals surface area contributed by atoms with E-state index in [0.717, 1.165) is 0 Å². The molecule has 0 spiro atoms. The zero-order valence-electron chi connectivity index (χ0n) is 6.68. The number of pyridine rings is 1. The quantitative estimate of drug-likeness (QED) is 0.619. The van der Waals surface area contributed by atoms with Crippen LogP contribution in [0.3, 0.4) is 0 Å². The molecule has 0 unspecified atom stereocenters. The Balaban J connectivity index is 2.54. The molecule has 64 valence electrons. The van der Waals surface area contributed by atoms with Crippen molar-refractivity contribution in [2.24, 2.45) is 0 Å². The molecule has 2 aromatic rings. The van der Waals surface area contributed by atoms with E-state index in [-0.39, 0.29) is 0 Å². The summed E-state index contributed by atoms with van der Waals surface area (Å²) in [5.41, 5.74) is 1.05. The number of halogens is 1. The summed E-state index contributed by atoms with van der Waals surface area (Å²) < 4.78 is 13.1. The largest absolute Gasteiger partial charge is 0.244 e. The lowest BCUT2D eigenvalue weighted by molar-refractivity contribution is 0.587. The molecule has 0 saturated carbocycles. The second-order valence-corrected chi connectivity index (χ2v) is 2.47. The van der Waals surface area contributed by atoms with Crippen LogP contribution in [0.5, 0.6) is 0 Å². The molecule has 0 N–H and O–H groups in total. The summed E-state index contributed by atoms with van der Waals surface area (Å²) in [6.45, 7) is 0. The maximum absolute atomic E-state index is 13.1. The van der Waals surface area contributed by atoms with E-state index in [1.54, 1.807) is 24.5 Å². The molecule has 0 aliphatic carbocycles. The number of hydrogen-bond donors (Lipinski definition) is 0. The molecule has 0 saturated heterocycles. The molecule has 3 nitrogen and oxygen atoms in total. The van der Waals surface area contributed by atoms with Crippen LogP contribution in [0, 0.1) is 5.95 Å². The second-order valence-electron chi connectivity index (χ2n) is 2.47. The Kier molecular flexibility index (Phi) is 1.96. The third-order valence-electron chi connectivity index (χ3n) is 1.63. The first-order chi connectivity index (χ1) is 6.38. The van der Waals surface area contributed by atoms with Gasteiger partial charge < -0.3 is 0 Å². The summed E-state index contributed by atoms with van der Waals surface area (Å²) in [6.07, 6.45) is 5.90. The number of hydrogen-bond acceptors (Lipinski definition) is 3. The highest BCUT2D eigenvalue weighted by molar-refractivity contribution is 5.60. The van der Waals surface area contributed by atoms with Crippen LogP contribution in [0.25, 0.3) is 11.1 Å². The van der Waals surface area contributed by atoms with Crippen LogP contribution in [0.2, 0.25) is 0 Å². The lowest BCUT2D eigenvalue weighted by atomic mass is 10.1. The van der Waals surface area contributed by atoms with Gasteiger partial charge in [0.05, 0.1) is 0 Å². The van der Waals surface area contributed by atoms with Crippen LogP contribution in [0.15, 0.2) is 37.1 Å². The molecule has 4 heteroatoms. The fourth-order valence-corrected chi connectivity index (χ4v) is 1.04. The van der Waals surface area contributed by atoms with Gasteiger partial charge in [-0.15, -0.1) is 0 Å². The Morgan fingerprint density at radius 2 is 1.92 bits per heavy atom. The Morgan fingerprint density at radius 1 is 1.15 bits per heavy atom. The molecule has 0 radical (unpaired) electrons. The molecular formula is C9H6FN3. The fraction of sp³-hybridized carbons (Fsp3) is 0. The number of aromatic nitrogens is 3. The van der Waals surface area contributed by atoms with Gasteiger partial charge in [-0.3, -0.25) is 0 Å². The first-order valence-corrected chi connectivity index (χ1v) is 3.74. The summed E-state index contributed by atoms with van der Waals surface area (Å²) in [7, 11) is 0. The Morgan fingerprint density at radius 3 is 2.62 bits per heavy atom. The fourth-order valence-electron chi connectivity index (χ4n) is 1.04. The third kappa shape index (κ3) is 1.51. The van der Waals surface area contributed by atoms with Crippen LogP contribution in [-0.4, -0.2) is 15.0 Å². The van der Waals surface area contributed by atoms with E-state index in [2.05, 4.69) is 15.0 Å². The predicted molar refractivity (Wildman–Crippen MR) is 45.2 cm³/mol.